The van der Waals surface area contributed by atoms with E-state index in [1.165, 1.54) is 5.01 Å². The normalized spacial score (nSPS) is 13.0. The van der Waals surface area contributed by atoms with Crippen LogP contribution in [0.1, 0.15) is 47.1 Å². The molecule has 8 nitrogen and oxygen atoms in total. The van der Waals surface area contributed by atoms with Gasteiger partial charge in [0.25, 0.3) is 11.8 Å². The monoisotopic (exact) mass is 516 g/mol. The molecule has 3 aromatic carbocycles. The Morgan fingerprint density at radius 1 is 1.08 bits per heavy atom. The minimum Gasteiger partial charge on any atom is -0.496 e. The zero-order chi connectivity index (χ0) is 26.9. The van der Waals surface area contributed by atoms with E-state index in [4.69, 9.17) is 17.0 Å². The van der Waals surface area contributed by atoms with Crippen LogP contribution in [0.5, 0.6) is 5.75 Å². The third kappa shape index (κ3) is 5.16. The molecule has 3 aromatic rings. The first kappa shape index (κ1) is 26.2. The molecule has 1 aliphatic heterocycles. The Labute approximate surface area is 222 Å². The molecule has 4 rings (SSSR count). The smallest absolute Gasteiger partial charge is 0.457 e. The van der Waals surface area contributed by atoms with Gasteiger partial charge in [-0.25, -0.2) is 5.01 Å². The van der Waals surface area contributed by atoms with E-state index in [1.54, 1.807) is 55.2 Å². The molecule has 1 aliphatic rings. The number of nitrogens with zero attached hydrogens (tertiary/aromatic N) is 2. The fraction of sp³-hybridized carbons (Fsp3) is 0.222. The molecule has 0 aliphatic carbocycles. The van der Waals surface area contributed by atoms with Crippen molar-refractivity contribution in [2.45, 2.75) is 33.2 Å². The Bertz CT molecular complexity index is 1360. The number of amides is 2. The fourth-order valence-electron chi connectivity index (χ4n) is 4.19. The maximum atomic E-state index is 13.7. The molecule has 0 bridgehead atoms. The third-order valence-corrected chi connectivity index (χ3v) is 6.45. The number of thiocarbonyl (C=S) groups is 1. The molecule has 0 aromatic heterocycles. The number of benzene rings is 3. The summed E-state index contributed by atoms with van der Waals surface area (Å²) in [6.07, 6.45) is 0. The standard InChI is InChI=1S/C27H29BN4O4S/c1-17-20(12-9-13-23(17)36-5)24(33)30-32(27(2,3)4)25(34)18-14-15-21-22(16-18)29-26(37)31(28(21)35)19-10-7-6-8-11-19/h6-16,35H,1-5H3,(H,29,37)(H,30,33). The van der Waals surface area contributed by atoms with Gasteiger partial charge in [0.05, 0.1) is 12.6 Å². The van der Waals surface area contributed by atoms with E-state index in [-0.39, 0.29) is 0 Å². The van der Waals surface area contributed by atoms with Crippen molar-refractivity contribution in [3.63, 3.8) is 0 Å². The molecule has 1 heterocycles. The van der Waals surface area contributed by atoms with Crippen molar-refractivity contribution in [2.24, 2.45) is 0 Å². The zero-order valence-corrected chi connectivity index (χ0v) is 22.2. The number of fused-ring (bicyclic) bond motifs is 1. The molecule has 0 radical (unpaired) electrons. The van der Waals surface area contributed by atoms with Gasteiger partial charge >= 0.3 is 7.05 Å². The van der Waals surface area contributed by atoms with Crippen molar-refractivity contribution >= 4 is 53.0 Å². The summed E-state index contributed by atoms with van der Waals surface area (Å²) in [5.41, 5.74) is 5.29. The van der Waals surface area contributed by atoms with Crippen molar-refractivity contribution < 1.29 is 19.3 Å². The molecule has 10 heteroatoms. The first-order chi connectivity index (χ1) is 17.5. The molecule has 0 atom stereocenters. The van der Waals surface area contributed by atoms with Gasteiger partial charge in [-0.1, -0.05) is 30.3 Å². The number of carbonyl (C=O) groups is 2. The maximum Gasteiger partial charge on any atom is 0.457 e. The second-order valence-electron chi connectivity index (χ2n) is 9.70. The highest BCUT2D eigenvalue weighted by Crippen LogP contribution is 2.25. The van der Waals surface area contributed by atoms with Gasteiger partial charge < -0.3 is 19.9 Å². The minimum atomic E-state index is -1.02. The maximum absolute atomic E-state index is 13.7. The number of nitrogens with one attached hydrogen (secondary N) is 2. The first-order valence-corrected chi connectivity index (χ1v) is 12.2. The topological polar surface area (TPSA) is 94.1 Å². The summed E-state index contributed by atoms with van der Waals surface area (Å²) in [7, 11) is 0.519. The number of anilines is 2. The highest BCUT2D eigenvalue weighted by molar-refractivity contribution is 7.81. The second-order valence-corrected chi connectivity index (χ2v) is 10.1. The number of hydrogen-bond acceptors (Lipinski definition) is 5. The molecule has 0 fully saturated rings. The van der Waals surface area contributed by atoms with Crippen molar-refractivity contribution in [2.75, 3.05) is 17.2 Å². The van der Waals surface area contributed by atoms with E-state index in [1.807, 2.05) is 51.1 Å². The Kier molecular flexibility index (Phi) is 7.24. The predicted molar refractivity (Wildman–Crippen MR) is 150 cm³/mol. The van der Waals surface area contributed by atoms with Crippen LogP contribution < -0.4 is 25.8 Å². The van der Waals surface area contributed by atoms with Crippen LogP contribution >= 0.6 is 12.2 Å². The SMILES string of the molecule is COc1cccc(C(=O)NN(C(=O)c2ccc3c(c2)NC(=S)N(c2ccccc2)B3O)C(C)(C)C)c1C. The van der Waals surface area contributed by atoms with E-state index in [0.29, 0.717) is 38.7 Å². The van der Waals surface area contributed by atoms with Gasteiger partial charge in [0.1, 0.15) is 5.75 Å². The number of rotatable bonds is 4. The summed E-state index contributed by atoms with van der Waals surface area (Å²) in [5, 5.41) is 15.8. The lowest BCUT2D eigenvalue weighted by Crippen LogP contribution is -2.58. The zero-order valence-electron chi connectivity index (χ0n) is 21.4. The van der Waals surface area contributed by atoms with Crippen LogP contribution in [0.2, 0.25) is 0 Å². The summed E-state index contributed by atoms with van der Waals surface area (Å²) >= 11 is 5.52. The molecule has 0 saturated heterocycles. The van der Waals surface area contributed by atoms with E-state index in [0.717, 1.165) is 5.69 Å². The average Bonchev–Trinajstić information content (AvgIpc) is 2.86. The van der Waals surface area contributed by atoms with Crippen molar-refractivity contribution in [1.82, 2.24) is 10.4 Å². The van der Waals surface area contributed by atoms with Gasteiger partial charge in [-0.2, -0.15) is 0 Å². The Morgan fingerprint density at radius 3 is 2.43 bits per heavy atom. The van der Waals surface area contributed by atoms with Crippen LogP contribution in [0, 0.1) is 6.92 Å². The van der Waals surface area contributed by atoms with Gasteiger partial charge in [0, 0.05) is 28.1 Å². The lowest BCUT2D eigenvalue weighted by molar-refractivity contribution is 0.0358. The molecule has 0 spiro atoms. The van der Waals surface area contributed by atoms with Crippen LogP contribution in [-0.2, 0) is 0 Å². The van der Waals surface area contributed by atoms with Gasteiger partial charge in [-0.05, 0) is 81.8 Å². The number of hydrogen-bond donors (Lipinski definition) is 3. The number of methoxy groups -OCH3 is 1. The highest BCUT2D eigenvalue weighted by Gasteiger charge is 2.36. The van der Waals surface area contributed by atoms with Crippen LogP contribution in [-0.4, -0.2) is 46.7 Å². The molecule has 190 valence electrons. The Morgan fingerprint density at radius 2 is 1.78 bits per heavy atom. The van der Waals surface area contributed by atoms with Crippen molar-refractivity contribution in [1.29, 1.82) is 0 Å². The molecular weight excluding hydrogens is 487 g/mol. The molecule has 37 heavy (non-hydrogen) atoms. The summed E-state index contributed by atoms with van der Waals surface area (Å²) in [5.74, 6) is -0.246. The van der Waals surface area contributed by atoms with E-state index < -0.39 is 24.4 Å². The largest absolute Gasteiger partial charge is 0.496 e. The molecule has 2 amide bonds. The second kappa shape index (κ2) is 10.2. The third-order valence-electron chi connectivity index (χ3n) is 6.15. The minimum absolute atomic E-state index is 0.310. The van der Waals surface area contributed by atoms with Crippen molar-refractivity contribution in [3.05, 3.63) is 83.4 Å². The first-order valence-electron chi connectivity index (χ1n) is 11.8. The number of carbonyl (C=O) groups excluding carboxylic acids is 2. The van der Waals surface area contributed by atoms with Gasteiger partial charge in [-0.15, -0.1) is 0 Å². The number of hydrazine groups is 1. The Balaban J connectivity index is 1.63. The van der Waals surface area contributed by atoms with Gasteiger partial charge in [-0.3, -0.25) is 15.0 Å². The molecule has 3 N–H and O–H groups in total. The molecule has 0 saturated carbocycles. The lowest BCUT2D eigenvalue weighted by atomic mass is 9.69. The average molecular weight is 516 g/mol. The van der Waals surface area contributed by atoms with Crippen LogP contribution in [0.3, 0.4) is 0 Å². The summed E-state index contributed by atoms with van der Waals surface area (Å²) < 4.78 is 5.33. The summed E-state index contributed by atoms with van der Waals surface area (Å²) in [6.45, 7) is 7.28. The van der Waals surface area contributed by atoms with E-state index in [2.05, 4.69) is 10.7 Å². The van der Waals surface area contributed by atoms with E-state index in [9.17, 15) is 14.6 Å². The van der Waals surface area contributed by atoms with Crippen molar-refractivity contribution in [3.8, 4) is 5.75 Å². The van der Waals surface area contributed by atoms with Crippen LogP contribution in [0.15, 0.2) is 66.7 Å². The highest BCUT2D eigenvalue weighted by atomic mass is 32.1. The quantitative estimate of drug-likeness (QED) is 0.278. The summed E-state index contributed by atoms with van der Waals surface area (Å²) in [6, 6.07) is 19.5. The Hall–Kier alpha value is -3.89. The molecule has 0 unspecified atom stereocenters. The predicted octanol–water partition coefficient (Wildman–Crippen LogP) is 3.49. The number of ether oxygens (including phenoxy) is 1. The molecular formula is C27H29BN4O4S. The van der Waals surface area contributed by atoms with Crippen LogP contribution in [0.25, 0.3) is 0 Å². The summed E-state index contributed by atoms with van der Waals surface area (Å²) in [4.78, 5) is 28.4. The van der Waals surface area contributed by atoms with Gasteiger partial charge in [0.2, 0.25) is 0 Å². The van der Waals surface area contributed by atoms with E-state index >= 15 is 0 Å². The fourth-order valence-corrected chi connectivity index (χ4v) is 4.51. The van der Waals surface area contributed by atoms with Gasteiger partial charge in [0.15, 0.2) is 5.11 Å². The van der Waals surface area contributed by atoms with Crippen LogP contribution in [0.4, 0.5) is 11.4 Å². The number of para-hydroxylation sites is 1. The lowest BCUT2D eigenvalue weighted by Gasteiger charge is -2.37.